The van der Waals surface area contributed by atoms with Crippen molar-refractivity contribution in [1.82, 2.24) is 0 Å². The first kappa shape index (κ1) is 24.8. The normalized spacial score (nSPS) is 15.8. The van der Waals surface area contributed by atoms with Crippen LogP contribution in [-0.2, 0) is 4.79 Å². The molecule has 0 bridgehead atoms. The van der Waals surface area contributed by atoms with Crippen LogP contribution in [0.3, 0.4) is 0 Å². The Hall–Kier alpha value is -3.84. The number of fused-ring (bicyclic) bond motifs is 1. The molecule has 5 rings (SSSR count). The topological polar surface area (TPSA) is 80.0 Å². The molecule has 1 aromatic heterocycles. The van der Waals surface area contributed by atoms with E-state index in [1.807, 2.05) is 43.3 Å². The van der Waals surface area contributed by atoms with E-state index in [9.17, 15) is 14.7 Å². The molecule has 1 atom stereocenters. The van der Waals surface area contributed by atoms with Gasteiger partial charge >= 0.3 is 0 Å². The lowest BCUT2D eigenvalue weighted by atomic mass is 9.94. The van der Waals surface area contributed by atoms with Crippen LogP contribution in [-0.4, -0.2) is 23.4 Å². The molecule has 37 heavy (non-hydrogen) atoms. The second kappa shape index (κ2) is 9.90. The van der Waals surface area contributed by atoms with Gasteiger partial charge in [-0.15, -0.1) is 0 Å². The van der Waals surface area contributed by atoms with E-state index in [4.69, 9.17) is 9.15 Å². The van der Waals surface area contributed by atoms with E-state index in [2.05, 4.69) is 29.8 Å². The third kappa shape index (κ3) is 4.55. The van der Waals surface area contributed by atoms with Gasteiger partial charge in [0.1, 0.15) is 11.3 Å². The number of amides is 1. The van der Waals surface area contributed by atoms with Gasteiger partial charge in [0.25, 0.3) is 5.91 Å². The van der Waals surface area contributed by atoms with Gasteiger partial charge in [-0.1, -0.05) is 54.0 Å². The Morgan fingerprint density at radius 1 is 1.05 bits per heavy atom. The van der Waals surface area contributed by atoms with E-state index in [1.165, 1.54) is 4.90 Å². The van der Waals surface area contributed by atoms with Gasteiger partial charge in [0.05, 0.1) is 18.2 Å². The fraction of sp³-hybridized carbons (Fsp3) is 0.200. The molecule has 0 saturated heterocycles. The smallest absolute Gasteiger partial charge is 0.294 e. The van der Waals surface area contributed by atoms with Crippen molar-refractivity contribution in [2.75, 3.05) is 11.5 Å². The molecule has 0 radical (unpaired) electrons. The number of anilines is 1. The Kier molecular flexibility index (Phi) is 6.65. The predicted octanol–water partition coefficient (Wildman–Crippen LogP) is 7.50. The average Bonchev–Trinajstić information content (AvgIpc) is 3.43. The van der Waals surface area contributed by atoms with Crippen molar-refractivity contribution in [2.45, 2.75) is 32.7 Å². The zero-order chi connectivity index (χ0) is 26.3. The van der Waals surface area contributed by atoms with E-state index in [-0.39, 0.29) is 11.3 Å². The molecule has 0 spiro atoms. The molecule has 1 unspecified atom stereocenters. The Labute approximate surface area is 223 Å². The molecule has 188 valence electrons. The van der Waals surface area contributed by atoms with E-state index in [1.54, 1.807) is 36.4 Å². The molecule has 7 heteroatoms. The number of aliphatic hydroxyl groups excluding tert-OH is 1. The van der Waals surface area contributed by atoms with Crippen LogP contribution < -0.4 is 9.64 Å². The summed E-state index contributed by atoms with van der Waals surface area (Å²) >= 11 is 3.43. The quantitative estimate of drug-likeness (QED) is 0.237. The van der Waals surface area contributed by atoms with Gasteiger partial charge in [-0.05, 0) is 72.5 Å². The number of Topliss-reactive ketones (excluding diaryl/α,β-unsaturated/α-hetero) is 1. The molecule has 0 aliphatic carbocycles. The number of halogens is 1. The number of carbonyl (C=O) groups is 2. The van der Waals surface area contributed by atoms with Crippen molar-refractivity contribution in [3.63, 3.8) is 0 Å². The van der Waals surface area contributed by atoms with Crippen LogP contribution >= 0.6 is 15.9 Å². The Bertz CT molecular complexity index is 1520. The summed E-state index contributed by atoms with van der Waals surface area (Å²) in [5, 5.41) is 11.8. The third-order valence-corrected chi connectivity index (χ3v) is 6.99. The highest BCUT2D eigenvalue weighted by Crippen LogP contribution is 2.43. The maximum atomic E-state index is 13.8. The molecule has 6 nitrogen and oxygen atoms in total. The minimum absolute atomic E-state index is 0.0276. The summed E-state index contributed by atoms with van der Waals surface area (Å²) in [6.07, 6.45) is 0. The summed E-state index contributed by atoms with van der Waals surface area (Å²) in [5.74, 6) is -0.722. The van der Waals surface area contributed by atoms with Crippen LogP contribution in [0.15, 0.2) is 93.0 Å². The Morgan fingerprint density at radius 3 is 2.41 bits per heavy atom. The van der Waals surface area contributed by atoms with Crippen molar-refractivity contribution in [2.24, 2.45) is 0 Å². The molecule has 1 aliphatic rings. The van der Waals surface area contributed by atoms with Crippen LogP contribution in [0.4, 0.5) is 5.69 Å². The highest BCUT2D eigenvalue weighted by atomic mass is 79.9. The lowest BCUT2D eigenvalue weighted by Gasteiger charge is -2.27. The molecular formula is C30H26BrNO5. The summed E-state index contributed by atoms with van der Waals surface area (Å²) in [4.78, 5) is 28.7. The molecule has 0 fully saturated rings. The number of benzene rings is 3. The summed E-state index contributed by atoms with van der Waals surface area (Å²) in [7, 11) is 0. The summed E-state index contributed by atoms with van der Waals surface area (Å²) in [6, 6.07) is 21.0. The van der Waals surface area contributed by atoms with Crippen LogP contribution in [0.25, 0.3) is 11.0 Å². The van der Waals surface area contributed by atoms with Crippen LogP contribution in [0.5, 0.6) is 5.75 Å². The fourth-order valence-corrected chi connectivity index (χ4v) is 4.99. The van der Waals surface area contributed by atoms with Crippen molar-refractivity contribution in [3.8, 4) is 5.75 Å². The standard InChI is InChI=1S/C30H26BrNO5/c1-4-36-23-12-7-19(8-13-23)27-26(28(33)25-16-20-15-21(31)9-14-24(20)37-25)29(34)30(35)32(27)22-10-5-18(6-11-22)17(2)3/h5-17,27,34H,4H2,1-3H3. The van der Waals surface area contributed by atoms with E-state index in [0.717, 1.165) is 15.4 Å². The number of hydrogen-bond donors (Lipinski definition) is 1. The highest BCUT2D eigenvalue weighted by molar-refractivity contribution is 9.10. The van der Waals surface area contributed by atoms with Gasteiger partial charge in [0.2, 0.25) is 5.78 Å². The van der Waals surface area contributed by atoms with Gasteiger partial charge < -0.3 is 14.3 Å². The fourth-order valence-electron chi connectivity index (χ4n) is 4.61. The van der Waals surface area contributed by atoms with Gasteiger partial charge in [-0.2, -0.15) is 0 Å². The van der Waals surface area contributed by atoms with Gasteiger partial charge in [0.15, 0.2) is 11.5 Å². The maximum absolute atomic E-state index is 13.8. The molecular weight excluding hydrogens is 534 g/mol. The number of aliphatic hydroxyl groups is 1. The second-order valence-corrected chi connectivity index (χ2v) is 10.1. The second-order valence-electron chi connectivity index (χ2n) is 9.21. The summed E-state index contributed by atoms with van der Waals surface area (Å²) in [5.41, 5.74) is 2.87. The zero-order valence-corrected chi connectivity index (χ0v) is 22.3. The van der Waals surface area contributed by atoms with Gasteiger partial charge in [-0.25, -0.2) is 0 Å². The van der Waals surface area contributed by atoms with Crippen molar-refractivity contribution in [1.29, 1.82) is 0 Å². The van der Waals surface area contributed by atoms with E-state index in [0.29, 0.717) is 35.1 Å². The molecule has 2 heterocycles. The van der Waals surface area contributed by atoms with Crippen LogP contribution in [0.1, 0.15) is 54.4 Å². The largest absolute Gasteiger partial charge is 0.503 e. The minimum atomic E-state index is -0.847. The van der Waals surface area contributed by atoms with Crippen LogP contribution in [0.2, 0.25) is 0 Å². The lowest BCUT2D eigenvalue weighted by Crippen LogP contribution is -2.31. The first-order valence-electron chi connectivity index (χ1n) is 12.1. The number of carbonyl (C=O) groups excluding carboxylic acids is 2. The minimum Gasteiger partial charge on any atom is -0.503 e. The van der Waals surface area contributed by atoms with Crippen molar-refractivity contribution < 1.29 is 23.8 Å². The molecule has 1 N–H and O–H groups in total. The first-order valence-corrected chi connectivity index (χ1v) is 12.9. The van der Waals surface area contributed by atoms with Crippen molar-refractivity contribution in [3.05, 3.63) is 105 Å². The monoisotopic (exact) mass is 559 g/mol. The van der Waals surface area contributed by atoms with E-state index < -0.39 is 23.5 Å². The number of rotatable bonds is 7. The molecule has 1 amide bonds. The Balaban J connectivity index is 1.61. The molecule has 4 aromatic rings. The maximum Gasteiger partial charge on any atom is 0.294 e. The summed E-state index contributed by atoms with van der Waals surface area (Å²) in [6.45, 7) is 6.60. The van der Waals surface area contributed by atoms with Crippen molar-refractivity contribution >= 4 is 44.3 Å². The molecule has 0 saturated carbocycles. The molecule has 3 aromatic carbocycles. The summed E-state index contributed by atoms with van der Waals surface area (Å²) < 4.78 is 12.3. The first-order chi connectivity index (χ1) is 17.8. The van der Waals surface area contributed by atoms with Gasteiger partial charge in [0, 0.05) is 15.5 Å². The third-order valence-electron chi connectivity index (χ3n) is 6.50. The zero-order valence-electron chi connectivity index (χ0n) is 20.7. The number of furan rings is 1. The van der Waals surface area contributed by atoms with Gasteiger partial charge in [-0.3, -0.25) is 14.5 Å². The highest BCUT2D eigenvalue weighted by Gasteiger charge is 2.45. The SMILES string of the molecule is CCOc1ccc(C2C(C(=O)c3cc4cc(Br)ccc4o3)=C(O)C(=O)N2c2ccc(C(C)C)cc2)cc1. The average molecular weight is 560 g/mol. The number of nitrogens with zero attached hydrogens (tertiary/aromatic N) is 1. The number of ketones is 1. The lowest BCUT2D eigenvalue weighted by molar-refractivity contribution is -0.117. The molecule has 1 aliphatic heterocycles. The van der Waals surface area contributed by atoms with E-state index >= 15 is 0 Å². The Morgan fingerprint density at radius 2 is 1.76 bits per heavy atom. The predicted molar refractivity (Wildman–Crippen MR) is 146 cm³/mol. The number of hydrogen-bond acceptors (Lipinski definition) is 5. The van der Waals surface area contributed by atoms with Crippen LogP contribution in [0, 0.1) is 0 Å². The number of ether oxygens (including phenoxy) is 1.